The maximum atomic E-state index is 11.4. The van der Waals surface area contributed by atoms with Crippen LogP contribution in [-0.4, -0.2) is 385 Å². The highest BCUT2D eigenvalue weighted by Gasteiger charge is 2.30. The van der Waals surface area contributed by atoms with Gasteiger partial charge in [0.25, 0.3) is 0 Å². The molecule has 33 heteroatoms. The first-order valence-corrected chi connectivity index (χ1v) is 58.9. The van der Waals surface area contributed by atoms with E-state index in [0.717, 1.165) is 137 Å². The molecule has 0 aliphatic carbocycles. The average Bonchev–Trinajstić information content (AvgIpc) is 0.863. The number of nitrogens with one attached hydrogen (secondary N) is 11. The molecule has 8 fully saturated rings. The number of piperidine rings is 8. The Kier molecular flexibility index (Phi) is 96.7. The van der Waals surface area contributed by atoms with Crippen LogP contribution in [0, 0.1) is 48.3 Å². The van der Waals surface area contributed by atoms with Gasteiger partial charge in [-0.15, -0.1) is 0 Å². The van der Waals surface area contributed by atoms with Gasteiger partial charge in [0.15, 0.2) is 0 Å². The van der Waals surface area contributed by atoms with Crippen LogP contribution in [0.3, 0.4) is 0 Å². The molecular weight excluding hydrogens is 1900 g/mol. The minimum Gasteiger partial charge on any atom is -0.391 e. The van der Waals surface area contributed by atoms with Crippen molar-refractivity contribution in [2.75, 3.05) is 281 Å². The second kappa shape index (κ2) is 100. The lowest BCUT2D eigenvalue weighted by molar-refractivity contribution is -0.125. The number of hydrogen-bond donors (Lipinski definition) is 11. The highest BCUT2D eigenvalue weighted by Crippen LogP contribution is 2.28. The van der Waals surface area contributed by atoms with Crippen molar-refractivity contribution in [2.24, 2.45) is 41.4 Å². The van der Waals surface area contributed by atoms with Crippen LogP contribution in [0.5, 0.6) is 0 Å². The van der Waals surface area contributed by atoms with E-state index in [1.165, 1.54) is 277 Å². The monoisotopic (exact) mass is 2120 g/mol. The van der Waals surface area contributed by atoms with E-state index in [-0.39, 0.29) is 85.5 Å². The van der Waals surface area contributed by atoms with Gasteiger partial charge in [-0.3, -0.25) is 62.6 Å². The summed E-state index contributed by atoms with van der Waals surface area (Å²) < 4.78 is 20.1. The van der Waals surface area contributed by atoms with Gasteiger partial charge in [-0.25, -0.2) is 0 Å². The second-order valence-corrected chi connectivity index (χ2v) is 42.3. The molecule has 9 rings (SSSR count). The predicted octanol–water partition coefficient (Wildman–Crippen LogP) is 13.5. The molecule has 8 aliphatic heterocycles. The maximum Gasteiger partial charge on any atom is 0.245 e. The van der Waals surface area contributed by atoms with Gasteiger partial charge in [-0.05, 0) is 300 Å². The normalized spacial score (nSPS) is 17.1. The Hall–Kier alpha value is -7.02. The highest BCUT2D eigenvalue weighted by atomic mass is 16.5. The van der Waals surface area contributed by atoms with Crippen molar-refractivity contribution in [3.05, 3.63) is 47.7 Å². The van der Waals surface area contributed by atoms with Gasteiger partial charge < -0.3 is 102 Å². The van der Waals surface area contributed by atoms with Crippen LogP contribution in [0.15, 0.2) is 36.5 Å². The molecule has 11 N–H and O–H groups in total. The van der Waals surface area contributed by atoms with Crippen LogP contribution in [0.25, 0.3) is 0 Å². The SMILES string of the molecule is C=C(CN1CCC(CN2CCC(C)CC2)CC1)NC.CCCCCC(=O)NC.CCCCCCC(=O)NC.CCCCCCOCC(=O)NC.CCCCCOCC(=O)NC.CCCCOCC(=O)NC.CCCOCC(=O)NC.CNC(=O)CC1CCN(CCN2CCC(C)CC2)CC1.CNC(=O)CN1CCC(CCN2CCC(C)CC2)CC1.CNC(=O)CN1CCC(N2CCC(C)CC2)CC1.CNC(=O)Cc1ccc(C)cc1. The van der Waals surface area contributed by atoms with Crippen LogP contribution < -0.4 is 58.5 Å². The number of amides is 10. The van der Waals surface area contributed by atoms with Crippen LogP contribution in [0.4, 0.5) is 0 Å². The Bertz CT molecular complexity index is 3320. The zero-order chi connectivity index (χ0) is 112. The lowest BCUT2D eigenvalue weighted by Crippen LogP contribution is -2.49. The number of likely N-dealkylation sites (tertiary alicyclic amines) is 8. The minimum absolute atomic E-state index is 0.0505. The summed E-state index contributed by atoms with van der Waals surface area (Å²) in [6, 6.07) is 8.74. The second-order valence-electron chi connectivity index (χ2n) is 42.3. The van der Waals surface area contributed by atoms with Crippen LogP contribution >= 0.6 is 0 Å². The van der Waals surface area contributed by atoms with Crippen molar-refractivity contribution < 1.29 is 66.9 Å². The van der Waals surface area contributed by atoms with E-state index < -0.39 is 0 Å². The Balaban J connectivity index is 0. The zero-order valence-electron chi connectivity index (χ0n) is 99.7. The van der Waals surface area contributed by atoms with Gasteiger partial charge >= 0.3 is 0 Å². The first-order chi connectivity index (χ1) is 72.3. The van der Waals surface area contributed by atoms with E-state index in [1.54, 1.807) is 70.5 Å². The van der Waals surface area contributed by atoms with Gasteiger partial charge in [0.05, 0.1) is 19.5 Å². The van der Waals surface area contributed by atoms with Gasteiger partial charge in [0.2, 0.25) is 59.1 Å². The van der Waals surface area contributed by atoms with E-state index >= 15 is 0 Å². The Morgan fingerprint density at radius 2 is 0.593 bits per heavy atom. The molecule has 1 aromatic carbocycles. The van der Waals surface area contributed by atoms with Crippen molar-refractivity contribution in [1.29, 1.82) is 0 Å². The van der Waals surface area contributed by atoms with E-state index in [2.05, 4.69) is 167 Å². The quantitative estimate of drug-likeness (QED) is 0.0270. The summed E-state index contributed by atoms with van der Waals surface area (Å²) in [5, 5.41) is 29.0. The number of likely N-dealkylation sites (N-methyl/N-ethyl adjacent to an activating group) is 8. The molecule has 0 aromatic heterocycles. The smallest absolute Gasteiger partial charge is 0.245 e. The molecule has 0 radical (unpaired) electrons. The van der Waals surface area contributed by atoms with Crippen molar-refractivity contribution >= 4 is 59.1 Å². The lowest BCUT2D eigenvalue weighted by Gasteiger charge is -2.41. The molecule has 0 atom stereocenters. The summed E-state index contributed by atoms with van der Waals surface area (Å²) in [7, 11) is 18.6. The summed E-state index contributed by atoms with van der Waals surface area (Å²) in [6.07, 6.45) is 44.3. The number of rotatable bonds is 51. The predicted molar refractivity (Wildman–Crippen MR) is 619 cm³/mol. The van der Waals surface area contributed by atoms with Crippen molar-refractivity contribution in [3.8, 4) is 0 Å². The number of ether oxygens (including phenoxy) is 4. The van der Waals surface area contributed by atoms with Crippen LogP contribution in [0.1, 0.15) is 318 Å². The third-order valence-electron chi connectivity index (χ3n) is 29.2. The molecule has 33 nitrogen and oxygen atoms in total. The van der Waals surface area contributed by atoms with E-state index in [4.69, 9.17) is 18.9 Å². The molecule has 876 valence electrons. The summed E-state index contributed by atoms with van der Waals surface area (Å²) in [5.41, 5.74) is 3.42. The number of hydrogen-bond acceptors (Lipinski definition) is 23. The molecule has 0 unspecified atom stereocenters. The summed E-state index contributed by atoms with van der Waals surface area (Å²) in [5.74, 6) is 6.73. The van der Waals surface area contributed by atoms with Gasteiger partial charge in [0, 0.05) is 174 Å². The Morgan fingerprint density at radius 1 is 0.287 bits per heavy atom. The average molecular weight is 2130 g/mol. The fraction of sp³-hybridized carbons (Fsp3) is 0.846. The van der Waals surface area contributed by atoms with E-state index in [9.17, 15) is 47.9 Å². The van der Waals surface area contributed by atoms with Gasteiger partial charge in [-0.2, -0.15) is 0 Å². The number of benzene rings is 1. The van der Waals surface area contributed by atoms with Crippen LogP contribution in [-0.2, 0) is 73.3 Å². The lowest BCUT2D eigenvalue weighted by atomic mass is 9.92. The topological polar surface area (TPSA) is 366 Å². The molecule has 10 amide bonds. The molecule has 8 aliphatic rings. The Labute approximate surface area is 914 Å². The summed E-state index contributed by atoms with van der Waals surface area (Å²) in [6.45, 7) is 58.6. The third-order valence-corrected chi connectivity index (χ3v) is 29.2. The largest absolute Gasteiger partial charge is 0.391 e. The molecule has 0 bridgehead atoms. The summed E-state index contributed by atoms with van der Waals surface area (Å²) in [4.78, 5) is 129. The number of carbonyl (C=O) groups is 10. The van der Waals surface area contributed by atoms with Crippen LogP contribution in [0.2, 0.25) is 0 Å². The maximum absolute atomic E-state index is 11.4. The molecule has 8 heterocycles. The van der Waals surface area contributed by atoms with E-state index in [1.807, 2.05) is 45.2 Å². The number of aryl methyl sites for hydroxylation is 1. The number of nitrogens with zero attached hydrogens (tertiary/aromatic N) is 8. The molecule has 8 saturated heterocycles. The minimum atomic E-state index is -0.0662. The summed E-state index contributed by atoms with van der Waals surface area (Å²) >= 11 is 0. The molecule has 1 aromatic rings. The van der Waals surface area contributed by atoms with Crippen molar-refractivity contribution in [1.82, 2.24) is 97.7 Å². The van der Waals surface area contributed by atoms with Gasteiger partial charge in [-0.1, -0.05) is 176 Å². The molecule has 0 saturated carbocycles. The van der Waals surface area contributed by atoms with Crippen molar-refractivity contribution in [2.45, 2.75) is 326 Å². The molecule has 150 heavy (non-hydrogen) atoms. The van der Waals surface area contributed by atoms with Crippen molar-refractivity contribution in [3.63, 3.8) is 0 Å². The number of unbranched alkanes of at least 4 members (excludes halogenated alkanes) is 11. The first kappa shape index (κ1) is 145. The van der Waals surface area contributed by atoms with E-state index in [0.29, 0.717) is 71.1 Å². The third kappa shape index (κ3) is 85.3. The van der Waals surface area contributed by atoms with Gasteiger partial charge in [0.1, 0.15) is 26.4 Å². The fourth-order valence-electron chi connectivity index (χ4n) is 18.0. The number of carbonyl (C=O) groups excluding carboxylic acids is 10. The highest BCUT2D eigenvalue weighted by molar-refractivity contribution is 5.80. The zero-order valence-corrected chi connectivity index (χ0v) is 99.7. The Morgan fingerprint density at radius 3 is 0.980 bits per heavy atom. The first-order valence-electron chi connectivity index (χ1n) is 58.9. The molecule has 0 spiro atoms. The molecular formula is C117H229N19O14. The standard InChI is InChI=1S/2C16H31N3O.C16H31N3.C14H27N3O.C10H13NO.C9H19NO2.C8H17NO2.C8H17NO.C7H15NO2.C7H15NO.C6H13NO2/c1-14-3-8-18(9-4-14)10-5-15-6-11-19(12-7-15)13-16(20)17-2;1-14-3-7-18(8-4-14)11-12-19-9-5-15(6-10-19)13-16(20)17-2;1-14-4-8-19(9-5-14)13-16-6-10-18(11-7-16)12-15(2)17-3;1-12-3-9-17(10-4-12)13-5-7-16(8-6-13)11-14(18)15-2;1-8-3-5-9(6-4-8)7-10(12)11-2;1-3-4-5-6-7-12-8-9(11)10-2;1-3-4-5-6-11-7-8(10)9-2;1-3-4-5-6-7-8(10)9-2;1-3-4-5-10-6-7(9)8-2;1-3-4-5-6-7(9)8-2;1-3-4-9-5-6(8)7-2/h2*14-15H,3-13H2,1-2H3,(H,17,20);14,16-17H,2,4-13H2,1,3H3;12-13H,3-11H2,1-2H3,(H,15,18);3-6H,7H2,1-2H3,(H,11,12);3-8H2,1-2H3,(H,10,11);3-7H2,1-2H3,(H,9,10);3-7H2,1-2H3,(H,9,10);3-6H2,1-2H3,(H,8,9);3-6H2,1-2H3,(H,8,9);3-5H2,1-2H3,(H,7,8). The fourth-order valence-corrected chi connectivity index (χ4v) is 18.0.